The highest BCUT2D eigenvalue weighted by Crippen LogP contribution is 2.24. The van der Waals surface area contributed by atoms with Gasteiger partial charge in [0.2, 0.25) is 5.78 Å². The van der Waals surface area contributed by atoms with Crippen LogP contribution in [-0.2, 0) is 6.54 Å². The molecule has 142 valence electrons. The van der Waals surface area contributed by atoms with Crippen molar-refractivity contribution in [3.05, 3.63) is 95.1 Å². The molecule has 0 saturated heterocycles. The Bertz CT molecular complexity index is 1070. The molecule has 0 spiro atoms. The number of imidazole rings is 1. The molecule has 0 aliphatic carbocycles. The van der Waals surface area contributed by atoms with Crippen LogP contribution in [0.25, 0.3) is 5.78 Å². The lowest BCUT2D eigenvalue weighted by Crippen LogP contribution is -2.22. The van der Waals surface area contributed by atoms with Gasteiger partial charge in [-0.1, -0.05) is 42.5 Å². The maximum absolute atomic E-state index is 5.30. The van der Waals surface area contributed by atoms with E-state index in [1.165, 1.54) is 11.1 Å². The average Bonchev–Trinajstić information content (AvgIpc) is 3.12. The van der Waals surface area contributed by atoms with Gasteiger partial charge in [-0.05, 0) is 43.2 Å². The van der Waals surface area contributed by atoms with Crippen LogP contribution in [0.15, 0.2) is 66.9 Å². The SMILES string of the molecule is COc1ccc([C@@H](NCc2cn3c(C)cc(C)nc3n2)c2ccccc2)cc1. The van der Waals surface area contributed by atoms with Crippen molar-refractivity contribution in [2.24, 2.45) is 0 Å². The zero-order valence-electron chi connectivity index (χ0n) is 16.4. The largest absolute Gasteiger partial charge is 0.497 e. The third-order valence-electron chi connectivity index (χ3n) is 4.88. The van der Waals surface area contributed by atoms with E-state index in [2.05, 4.69) is 65.9 Å². The molecular weight excluding hydrogens is 348 g/mol. The molecule has 1 atom stereocenters. The lowest BCUT2D eigenvalue weighted by Gasteiger charge is -2.19. The molecule has 2 heterocycles. The van der Waals surface area contributed by atoms with Gasteiger partial charge in [0.25, 0.3) is 0 Å². The van der Waals surface area contributed by atoms with Crippen molar-refractivity contribution in [1.82, 2.24) is 19.7 Å². The van der Waals surface area contributed by atoms with Crippen molar-refractivity contribution in [2.75, 3.05) is 7.11 Å². The van der Waals surface area contributed by atoms with Gasteiger partial charge in [-0.15, -0.1) is 0 Å². The first kappa shape index (κ1) is 18.2. The van der Waals surface area contributed by atoms with E-state index in [0.717, 1.165) is 28.6 Å². The van der Waals surface area contributed by atoms with Crippen molar-refractivity contribution in [1.29, 1.82) is 0 Å². The van der Waals surface area contributed by atoms with Gasteiger partial charge in [0.1, 0.15) is 5.75 Å². The zero-order chi connectivity index (χ0) is 19.5. The maximum atomic E-state index is 5.30. The summed E-state index contributed by atoms with van der Waals surface area (Å²) < 4.78 is 7.33. The molecule has 5 heteroatoms. The van der Waals surface area contributed by atoms with E-state index in [9.17, 15) is 0 Å². The monoisotopic (exact) mass is 372 g/mol. The van der Waals surface area contributed by atoms with Crippen LogP contribution in [0.5, 0.6) is 5.75 Å². The number of nitrogens with one attached hydrogen (secondary N) is 1. The third kappa shape index (κ3) is 3.75. The summed E-state index contributed by atoms with van der Waals surface area (Å²) in [7, 11) is 1.68. The van der Waals surface area contributed by atoms with Gasteiger partial charge in [0, 0.05) is 24.1 Å². The first-order valence-electron chi connectivity index (χ1n) is 9.38. The fourth-order valence-corrected chi connectivity index (χ4v) is 3.48. The van der Waals surface area contributed by atoms with Crippen LogP contribution in [0.2, 0.25) is 0 Å². The van der Waals surface area contributed by atoms with E-state index in [1.54, 1.807) is 7.11 Å². The van der Waals surface area contributed by atoms with E-state index in [-0.39, 0.29) is 6.04 Å². The molecule has 0 fully saturated rings. The minimum absolute atomic E-state index is 0.0627. The Hall–Kier alpha value is -3.18. The average molecular weight is 372 g/mol. The molecule has 5 nitrogen and oxygen atoms in total. The van der Waals surface area contributed by atoms with E-state index >= 15 is 0 Å². The van der Waals surface area contributed by atoms with Gasteiger partial charge in [0.15, 0.2) is 0 Å². The number of benzene rings is 2. The molecule has 0 saturated carbocycles. The van der Waals surface area contributed by atoms with Crippen LogP contribution in [-0.4, -0.2) is 21.5 Å². The smallest absolute Gasteiger partial charge is 0.234 e. The summed E-state index contributed by atoms with van der Waals surface area (Å²) in [5.74, 6) is 1.60. The van der Waals surface area contributed by atoms with Crippen molar-refractivity contribution >= 4 is 5.78 Å². The zero-order valence-corrected chi connectivity index (χ0v) is 16.4. The molecule has 2 aromatic carbocycles. The summed E-state index contributed by atoms with van der Waals surface area (Å²) in [6.07, 6.45) is 2.06. The van der Waals surface area contributed by atoms with E-state index in [0.29, 0.717) is 6.54 Å². The molecule has 2 aromatic heterocycles. The van der Waals surface area contributed by atoms with Crippen molar-refractivity contribution < 1.29 is 4.74 Å². The number of aromatic nitrogens is 3. The van der Waals surface area contributed by atoms with Gasteiger partial charge < -0.3 is 10.1 Å². The van der Waals surface area contributed by atoms with Crippen LogP contribution >= 0.6 is 0 Å². The van der Waals surface area contributed by atoms with Crippen molar-refractivity contribution in [3.63, 3.8) is 0 Å². The van der Waals surface area contributed by atoms with Crippen molar-refractivity contribution in [3.8, 4) is 5.75 Å². The Morgan fingerprint density at radius 2 is 1.68 bits per heavy atom. The number of nitrogens with zero attached hydrogens (tertiary/aromatic N) is 3. The molecule has 0 bridgehead atoms. The van der Waals surface area contributed by atoms with Gasteiger partial charge in [-0.3, -0.25) is 4.40 Å². The Kier molecular flexibility index (Phi) is 5.08. The van der Waals surface area contributed by atoms with Crippen LogP contribution in [0.3, 0.4) is 0 Å². The highest BCUT2D eigenvalue weighted by molar-refractivity contribution is 5.37. The first-order chi connectivity index (χ1) is 13.6. The summed E-state index contributed by atoms with van der Waals surface area (Å²) in [6, 6.07) is 20.8. The molecule has 0 aliphatic heterocycles. The third-order valence-corrected chi connectivity index (χ3v) is 4.88. The second-order valence-corrected chi connectivity index (χ2v) is 6.94. The number of hydrogen-bond donors (Lipinski definition) is 1. The highest BCUT2D eigenvalue weighted by Gasteiger charge is 2.15. The topological polar surface area (TPSA) is 51.5 Å². The summed E-state index contributed by atoms with van der Waals surface area (Å²) in [6.45, 7) is 4.72. The molecule has 0 radical (unpaired) electrons. The predicted molar refractivity (Wildman–Crippen MR) is 111 cm³/mol. The Balaban J connectivity index is 1.61. The number of methoxy groups -OCH3 is 1. The van der Waals surface area contributed by atoms with Crippen LogP contribution in [0, 0.1) is 13.8 Å². The Morgan fingerprint density at radius 3 is 2.39 bits per heavy atom. The van der Waals surface area contributed by atoms with Crippen molar-refractivity contribution in [2.45, 2.75) is 26.4 Å². The number of fused-ring (bicyclic) bond motifs is 1. The fourth-order valence-electron chi connectivity index (χ4n) is 3.48. The predicted octanol–water partition coefficient (Wildman–Crippen LogP) is 4.23. The van der Waals surface area contributed by atoms with Gasteiger partial charge in [-0.2, -0.15) is 0 Å². The van der Waals surface area contributed by atoms with E-state index in [4.69, 9.17) is 9.72 Å². The summed E-state index contributed by atoms with van der Waals surface area (Å²) in [5.41, 5.74) is 5.48. The second-order valence-electron chi connectivity index (χ2n) is 6.94. The molecule has 0 amide bonds. The summed E-state index contributed by atoms with van der Waals surface area (Å²) in [5, 5.41) is 3.66. The van der Waals surface area contributed by atoms with Crippen LogP contribution in [0.1, 0.15) is 34.3 Å². The van der Waals surface area contributed by atoms with E-state index in [1.807, 2.05) is 29.5 Å². The van der Waals surface area contributed by atoms with Gasteiger partial charge in [0.05, 0.1) is 18.8 Å². The standard InChI is InChI=1S/C23H24N4O/c1-16-13-17(2)27-15-20(26-23(27)25-16)14-24-22(18-7-5-4-6-8-18)19-9-11-21(28-3)12-10-19/h4-13,15,22,24H,14H2,1-3H3/t22-/m0/s1. The maximum Gasteiger partial charge on any atom is 0.234 e. The lowest BCUT2D eigenvalue weighted by atomic mass is 9.98. The van der Waals surface area contributed by atoms with Crippen LogP contribution in [0.4, 0.5) is 0 Å². The molecule has 1 N–H and O–H groups in total. The highest BCUT2D eigenvalue weighted by atomic mass is 16.5. The Morgan fingerprint density at radius 1 is 0.964 bits per heavy atom. The number of ether oxygens (including phenoxy) is 1. The van der Waals surface area contributed by atoms with Gasteiger partial charge in [-0.25, -0.2) is 9.97 Å². The molecule has 28 heavy (non-hydrogen) atoms. The quantitative estimate of drug-likeness (QED) is 0.550. The van der Waals surface area contributed by atoms with E-state index < -0.39 is 0 Å². The number of aryl methyl sites for hydroxylation is 2. The minimum atomic E-state index is 0.0627. The fraction of sp³-hybridized carbons (Fsp3) is 0.217. The number of hydrogen-bond acceptors (Lipinski definition) is 4. The molecular formula is C23H24N4O. The Labute approximate surface area is 165 Å². The molecule has 0 aliphatic rings. The molecule has 4 aromatic rings. The van der Waals surface area contributed by atoms with Crippen LogP contribution < -0.4 is 10.1 Å². The normalized spacial score (nSPS) is 12.2. The minimum Gasteiger partial charge on any atom is -0.497 e. The lowest BCUT2D eigenvalue weighted by molar-refractivity contribution is 0.414. The number of rotatable bonds is 6. The first-order valence-corrected chi connectivity index (χ1v) is 9.38. The molecule has 0 unspecified atom stereocenters. The molecule has 4 rings (SSSR count). The summed E-state index contributed by atoms with van der Waals surface area (Å²) >= 11 is 0. The van der Waals surface area contributed by atoms with Gasteiger partial charge >= 0.3 is 0 Å². The second kappa shape index (κ2) is 7.82. The summed E-state index contributed by atoms with van der Waals surface area (Å²) in [4.78, 5) is 9.22.